The molecule has 1 N–H and O–H groups in total. The maximum Gasteiger partial charge on any atom is 0.225 e. The molecule has 4 nitrogen and oxygen atoms in total. The normalized spacial score (nSPS) is 17.4. The molecule has 1 aromatic rings. The van der Waals surface area contributed by atoms with Crippen LogP contribution in [0.1, 0.15) is 38.2 Å². The monoisotopic (exact) mass is 234 g/mol. The van der Waals surface area contributed by atoms with Gasteiger partial charge in [0, 0.05) is 25.5 Å². The van der Waals surface area contributed by atoms with Gasteiger partial charge in [0.25, 0.3) is 0 Å². The summed E-state index contributed by atoms with van der Waals surface area (Å²) in [4.78, 5) is 11.2. The molecule has 17 heavy (non-hydrogen) atoms. The van der Waals surface area contributed by atoms with Crippen molar-refractivity contribution in [2.24, 2.45) is 0 Å². The van der Waals surface area contributed by atoms with Crippen molar-refractivity contribution in [1.29, 1.82) is 0 Å². The highest BCUT2D eigenvalue weighted by atomic mass is 15.3. The van der Waals surface area contributed by atoms with E-state index in [9.17, 15) is 0 Å². The second-order valence-electron chi connectivity index (χ2n) is 5.06. The van der Waals surface area contributed by atoms with Gasteiger partial charge in [-0.3, -0.25) is 0 Å². The van der Waals surface area contributed by atoms with E-state index >= 15 is 0 Å². The molecular formula is C13H22N4. The number of hydrogen-bond acceptors (Lipinski definition) is 4. The molecule has 1 aliphatic rings. The third kappa shape index (κ3) is 2.94. The molecule has 2 heterocycles. The van der Waals surface area contributed by atoms with Crippen LogP contribution in [0.25, 0.3) is 0 Å². The molecule has 0 radical (unpaired) electrons. The molecule has 1 aliphatic heterocycles. The van der Waals surface area contributed by atoms with Crippen molar-refractivity contribution in [3.05, 3.63) is 18.0 Å². The van der Waals surface area contributed by atoms with Gasteiger partial charge in [0.15, 0.2) is 0 Å². The number of rotatable bonds is 3. The van der Waals surface area contributed by atoms with Gasteiger partial charge in [-0.2, -0.15) is 0 Å². The Morgan fingerprint density at radius 3 is 2.35 bits per heavy atom. The molecular weight excluding hydrogens is 212 g/mol. The topological polar surface area (TPSA) is 41.1 Å². The lowest BCUT2D eigenvalue weighted by Gasteiger charge is -2.31. The van der Waals surface area contributed by atoms with Gasteiger partial charge >= 0.3 is 0 Å². The van der Waals surface area contributed by atoms with Crippen LogP contribution >= 0.6 is 0 Å². The Balaban J connectivity index is 2.05. The van der Waals surface area contributed by atoms with Crippen LogP contribution in [0.2, 0.25) is 0 Å². The molecule has 94 valence electrons. The SMILES string of the molecule is CC(C)c1cnc(N(C)C2CCNCC2)nc1. The summed E-state index contributed by atoms with van der Waals surface area (Å²) < 4.78 is 0. The first-order valence-electron chi connectivity index (χ1n) is 6.44. The Morgan fingerprint density at radius 1 is 1.24 bits per heavy atom. The van der Waals surface area contributed by atoms with Crippen molar-refractivity contribution in [3.63, 3.8) is 0 Å². The molecule has 0 saturated carbocycles. The minimum atomic E-state index is 0.494. The first-order valence-corrected chi connectivity index (χ1v) is 6.44. The van der Waals surface area contributed by atoms with Gasteiger partial charge in [-0.1, -0.05) is 13.8 Å². The van der Waals surface area contributed by atoms with E-state index in [0.717, 1.165) is 19.0 Å². The lowest BCUT2D eigenvalue weighted by Crippen LogP contribution is -2.41. The smallest absolute Gasteiger partial charge is 0.225 e. The second kappa shape index (κ2) is 5.45. The zero-order valence-electron chi connectivity index (χ0n) is 11.0. The first-order chi connectivity index (χ1) is 8.18. The van der Waals surface area contributed by atoms with Gasteiger partial charge in [0.1, 0.15) is 0 Å². The van der Waals surface area contributed by atoms with Crippen LogP contribution in [0.5, 0.6) is 0 Å². The fraction of sp³-hybridized carbons (Fsp3) is 0.692. The largest absolute Gasteiger partial charge is 0.341 e. The summed E-state index contributed by atoms with van der Waals surface area (Å²) in [5, 5.41) is 3.38. The molecule has 1 saturated heterocycles. The maximum absolute atomic E-state index is 4.47. The molecule has 0 atom stereocenters. The summed E-state index contributed by atoms with van der Waals surface area (Å²) >= 11 is 0. The summed E-state index contributed by atoms with van der Waals surface area (Å²) in [6.07, 6.45) is 6.24. The first kappa shape index (κ1) is 12.3. The van der Waals surface area contributed by atoms with Crippen molar-refractivity contribution in [2.45, 2.75) is 38.6 Å². The van der Waals surface area contributed by atoms with Crippen molar-refractivity contribution in [2.75, 3.05) is 25.0 Å². The summed E-state index contributed by atoms with van der Waals surface area (Å²) in [7, 11) is 2.10. The minimum Gasteiger partial charge on any atom is -0.341 e. The van der Waals surface area contributed by atoms with E-state index in [1.165, 1.54) is 18.4 Å². The molecule has 0 aliphatic carbocycles. The van der Waals surface area contributed by atoms with Gasteiger partial charge in [-0.05, 0) is 37.4 Å². The van der Waals surface area contributed by atoms with Gasteiger partial charge in [0.05, 0.1) is 0 Å². The number of anilines is 1. The third-order valence-corrected chi connectivity index (χ3v) is 3.50. The molecule has 0 aromatic carbocycles. The van der Waals surface area contributed by atoms with Gasteiger partial charge in [-0.15, -0.1) is 0 Å². The highest BCUT2D eigenvalue weighted by Crippen LogP contribution is 2.17. The van der Waals surface area contributed by atoms with E-state index in [1.54, 1.807) is 0 Å². The van der Waals surface area contributed by atoms with Crippen molar-refractivity contribution < 1.29 is 0 Å². The average Bonchev–Trinajstić information content (AvgIpc) is 2.39. The number of hydrogen-bond donors (Lipinski definition) is 1. The van der Waals surface area contributed by atoms with Crippen LogP contribution in [0.4, 0.5) is 5.95 Å². The molecule has 2 rings (SSSR count). The zero-order chi connectivity index (χ0) is 12.3. The lowest BCUT2D eigenvalue weighted by atomic mass is 10.1. The molecule has 0 spiro atoms. The van der Waals surface area contributed by atoms with Gasteiger partial charge < -0.3 is 10.2 Å². The average molecular weight is 234 g/mol. The molecule has 0 bridgehead atoms. The number of aromatic nitrogens is 2. The predicted octanol–water partition coefficient (Wildman–Crippen LogP) is 1.79. The zero-order valence-corrected chi connectivity index (χ0v) is 11.0. The van der Waals surface area contributed by atoms with E-state index < -0.39 is 0 Å². The number of nitrogens with zero attached hydrogens (tertiary/aromatic N) is 3. The van der Waals surface area contributed by atoms with Crippen molar-refractivity contribution in [1.82, 2.24) is 15.3 Å². The van der Waals surface area contributed by atoms with E-state index in [2.05, 4.69) is 41.1 Å². The highest BCUT2D eigenvalue weighted by molar-refractivity contribution is 5.31. The Hall–Kier alpha value is -1.16. The molecule has 0 amide bonds. The Morgan fingerprint density at radius 2 is 1.82 bits per heavy atom. The molecule has 0 unspecified atom stereocenters. The Labute approximate surface area is 103 Å². The summed E-state index contributed by atoms with van der Waals surface area (Å²) in [5.74, 6) is 1.34. The fourth-order valence-electron chi connectivity index (χ4n) is 2.17. The summed E-state index contributed by atoms with van der Waals surface area (Å²) in [6.45, 7) is 6.52. The quantitative estimate of drug-likeness (QED) is 0.865. The second-order valence-corrected chi connectivity index (χ2v) is 5.06. The number of piperidine rings is 1. The van der Waals surface area contributed by atoms with Gasteiger partial charge in [0.2, 0.25) is 5.95 Å². The van der Waals surface area contributed by atoms with Gasteiger partial charge in [-0.25, -0.2) is 9.97 Å². The molecule has 1 aromatic heterocycles. The highest BCUT2D eigenvalue weighted by Gasteiger charge is 2.19. The van der Waals surface area contributed by atoms with Crippen LogP contribution in [0.3, 0.4) is 0 Å². The van der Waals surface area contributed by atoms with Crippen LogP contribution in [0.15, 0.2) is 12.4 Å². The van der Waals surface area contributed by atoms with Crippen molar-refractivity contribution in [3.8, 4) is 0 Å². The Bertz CT molecular complexity index is 341. The van der Waals surface area contributed by atoms with Crippen LogP contribution in [-0.4, -0.2) is 36.1 Å². The van der Waals surface area contributed by atoms with E-state index in [4.69, 9.17) is 0 Å². The fourth-order valence-corrected chi connectivity index (χ4v) is 2.17. The standard InChI is InChI=1S/C13H22N4/c1-10(2)11-8-15-13(16-9-11)17(3)12-4-6-14-7-5-12/h8-10,12,14H,4-7H2,1-3H3. The third-order valence-electron chi connectivity index (χ3n) is 3.50. The number of nitrogens with one attached hydrogen (secondary N) is 1. The lowest BCUT2D eigenvalue weighted by molar-refractivity contribution is 0.439. The van der Waals surface area contributed by atoms with E-state index in [0.29, 0.717) is 12.0 Å². The van der Waals surface area contributed by atoms with Crippen molar-refractivity contribution >= 4 is 5.95 Å². The molecule has 4 heteroatoms. The van der Waals surface area contributed by atoms with E-state index in [-0.39, 0.29) is 0 Å². The van der Waals surface area contributed by atoms with Crippen LogP contribution in [-0.2, 0) is 0 Å². The predicted molar refractivity (Wildman–Crippen MR) is 70.4 cm³/mol. The molecule has 1 fully saturated rings. The van der Waals surface area contributed by atoms with E-state index in [1.807, 2.05) is 12.4 Å². The summed E-state index contributed by atoms with van der Waals surface area (Å²) in [5.41, 5.74) is 1.20. The summed E-state index contributed by atoms with van der Waals surface area (Å²) in [6, 6.07) is 0.571. The van der Waals surface area contributed by atoms with Crippen LogP contribution < -0.4 is 10.2 Å². The van der Waals surface area contributed by atoms with Crippen LogP contribution in [0, 0.1) is 0 Å². The minimum absolute atomic E-state index is 0.494. The maximum atomic E-state index is 4.47. The Kier molecular flexibility index (Phi) is 3.94.